The number of hydrogen-bond donors (Lipinski definition) is 1. The molecule has 0 amide bonds. The van der Waals surface area contributed by atoms with E-state index in [9.17, 15) is 14.7 Å². The summed E-state index contributed by atoms with van der Waals surface area (Å²) in [5.41, 5.74) is -1.35. The van der Waals surface area contributed by atoms with Gasteiger partial charge in [-0.05, 0) is 137 Å². The third-order valence-corrected chi connectivity index (χ3v) is 21.0. The molecule has 0 saturated carbocycles. The number of benzene rings is 3. The van der Waals surface area contributed by atoms with Gasteiger partial charge in [-0.2, -0.15) is 0 Å². The summed E-state index contributed by atoms with van der Waals surface area (Å²) in [6.07, 6.45) is 8.37. The third-order valence-electron chi connectivity index (χ3n) is 21.0. The fraction of sp³-hybridized carbons (Fsp3) is 0.662. The van der Waals surface area contributed by atoms with E-state index < -0.39 is 46.2 Å². The second-order valence-electron chi connectivity index (χ2n) is 27.0. The predicted octanol–water partition coefficient (Wildman–Crippen LogP) is 9.44. The maximum absolute atomic E-state index is 13.3. The SMILES string of the molecule is C=C(COC(=O)c1ccc2cc3ccccc3cc2c1)CC1CC(O)C2(C)OC3CC4OC5CC6(C)OC7(C)CCC8OC9CC%10(C)OC%11C(C)=CC(=O)OC%11CC%10OC9CC(C)C8OC7CC6OC5(C)CC=CC4OC3CC2O1. The van der Waals surface area contributed by atoms with Gasteiger partial charge < -0.3 is 61.9 Å². The molecule has 430 valence electrons. The highest BCUT2D eigenvalue weighted by molar-refractivity contribution is 6.01. The van der Waals surface area contributed by atoms with Crippen molar-refractivity contribution in [1.29, 1.82) is 0 Å². The monoisotopic (exact) mass is 1100 g/mol. The Labute approximate surface area is 469 Å². The van der Waals surface area contributed by atoms with Crippen molar-refractivity contribution in [2.24, 2.45) is 5.92 Å². The molecule has 11 aliphatic heterocycles. The van der Waals surface area contributed by atoms with Gasteiger partial charge in [-0.3, -0.25) is 0 Å². The molecule has 3 aromatic carbocycles. The molecular weight excluding hydrogens is 1020 g/mol. The molecule has 11 heterocycles. The summed E-state index contributed by atoms with van der Waals surface area (Å²) in [5, 5.41) is 16.2. The van der Waals surface area contributed by atoms with Crippen LogP contribution in [-0.4, -0.2) is 155 Å². The molecule has 9 saturated heterocycles. The molecular formula is C65H80O15. The van der Waals surface area contributed by atoms with Crippen LogP contribution in [0.3, 0.4) is 0 Å². The average molecular weight is 1100 g/mol. The van der Waals surface area contributed by atoms with Crippen molar-refractivity contribution in [3.63, 3.8) is 0 Å². The van der Waals surface area contributed by atoms with E-state index in [1.807, 2.05) is 38.1 Å². The minimum atomic E-state index is -0.960. The molecule has 0 spiro atoms. The van der Waals surface area contributed by atoms with Gasteiger partial charge in [0.1, 0.15) is 30.5 Å². The first-order chi connectivity index (χ1) is 38.2. The van der Waals surface area contributed by atoms with E-state index in [4.69, 9.17) is 56.8 Å². The lowest BCUT2D eigenvalue weighted by Gasteiger charge is -2.60. The molecule has 23 unspecified atom stereocenters. The van der Waals surface area contributed by atoms with E-state index in [1.165, 1.54) is 0 Å². The highest BCUT2D eigenvalue weighted by atomic mass is 16.7. The Hall–Kier alpha value is -4.10. The summed E-state index contributed by atoms with van der Waals surface area (Å²) >= 11 is 0. The van der Waals surface area contributed by atoms with E-state index >= 15 is 0 Å². The Morgan fingerprint density at radius 3 is 2.25 bits per heavy atom. The molecule has 1 N–H and O–H groups in total. The molecule has 15 heteroatoms. The minimum absolute atomic E-state index is 0.0466. The second-order valence-corrected chi connectivity index (χ2v) is 27.0. The summed E-state index contributed by atoms with van der Waals surface area (Å²) in [4.78, 5) is 25.6. The molecule has 9 fully saturated rings. The molecule has 15 nitrogen and oxygen atoms in total. The number of carbonyl (C=O) groups is 2. The third kappa shape index (κ3) is 9.35. The Balaban J connectivity index is 0.605. The normalized spacial score (nSPS) is 47.5. The number of fused-ring (bicyclic) bond motifs is 12. The quantitative estimate of drug-likeness (QED) is 0.146. The molecule has 0 radical (unpaired) electrons. The number of ether oxygens (including phenoxy) is 12. The van der Waals surface area contributed by atoms with Crippen LogP contribution in [0.1, 0.15) is 136 Å². The van der Waals surface area contributed by atoms with Gasteiger partial charge in [-0.25, -0.2) is 9.59 Å². The first-order valence-electron chi connectivity index (χ1n) is 29.9. The molecule has 80 heavy (non-hydrogen) atoms. The highest BCUT2D eigenvalue weighted by Crippen LogP contribution is 2.55. The Kier molecular flexibility index (Phi) is 13.3. The van der Waals surface area contributed by atoms with Crippen LogP contribution >= 0.6 is 0 Å². The maximum atomic E-state index is 13.3. The highest BCUT2D eigenvalue weighted by Gasteiger charge is 2.64. The van der Waals surface area contributed by atoms with Gasteiger partial charge in [0, 0.05) is 51.0 Å². The average Bonchev–Trinajstić information content (AvgIpc) is 3.74. The summed E-state index contributed by atoms with van der Waals surface area (Å²) in [6, 6.07) is 18.0. The van der Waals surface area contributed by atoms with E-state index in [0.29, 0.717) is 68.9 Å². The molecule has 0 aromatic heterocycles. The van der Waals surface area contributed by atoms with Crippen LogP contribution in [0.5, 0.6) is 0 Å². The van der Waals surface area contributed by atoms with Gasteiger partial charge in [0.2, 0.25) is 0 Å². The van der Waals surface area contributed by atoms with E-state index in [1.54, 1.807) is 12.1 Å². The number of carbonyl (C=O) groups excluding carboxylic acids is 2. The topological polar surface area (TPSA) is 165 Å². The molecule has 23 atom stereocenters. The minimum Gasteiger partial charge on any atom is -0.458 e. The maximum Gasteiger partial charge on any atom is 0.338 e. The van der Waals surface area contributed by atoms with Gasteiger partial charge in [0.15, 0.2) is 0 Å². The lowest BCUT2D eigenvalue weighted by molar-refractivity contribution is -0.356. The zero-order valence-corrected chi connectivity index (χ0v) is 47.4. The van der Waals surface area contributed by atoms with Gasteiger partial charge >= 0.3 is 11.9 Å². The number of aliphatic hydroxyl groups is 1. The number of aliphatic hydroxyl groups excluding tert-OH is 1. The number of rotatable bonds is 5. The standard InChI is InChI=1S/C65H80O15/c1-34(33-69-60(68)40-16-15-39-23-37-12-9-10-13-38(37)24-41(39)25-40)20-42-26-51(66)65(8)55(70-42)28-47-48(77-65)27-46-43(71-47)14-11-18-61(4)56(74-46)32-64(7)54(78-61)30-53-62(5,80-64)19-17-44-58(76-53)35(2)21-45-50(72-44)31-63(6)52(73-45)29-49-59(79-63)36(3)22-57(67)75-49/h9-16,22-25,35,42-56,58-59,66H,1,17-21,26-33H2,2-8H3. The van der Waals surface area contributed by atoms with Crippen molar-refractivity contribution in [3.8, 4) is 0 Å². The Bertz CT molecular complexity index is 3010. The Morgan fingerprint density at radius 1 is 0.675 bits per heavy atom. The number of hydrogen-bond acceptors (Lipinski definition) is 15. The van der Waals surface area contributed by atoms with Crippen LogP contribution < -0.4 is 0 Å². The van der Waals surface area contributed by atoms with E-state index in [2.05, 4.69) is 77.6 Å². The van der Waals surface area contributed by atoms with Crippen molar-refractivity contribution < 1.29 is 71.5 Å². The molecule has 3 aromatic rings. The van der Waals surface area contributed by atoms with Gasteiger partial charge in [0.05, 0.1) is 113 Å². The fourth-order valence-electron chi connectivity index (χ4n) is 16.3. The smallest absolute Gasteiger partial charge is 0.338 e. The number of esters is 2. The van der Waals surface area contributed by atoms with Gasteiger partial charge in [-0.15, -0.1) is 0 Å². The summed E-state index contributed by atoms with van der Waals surface area (Å²) in [5.74, 6) is -0.573. The van der Waals surface area contributed by atoms with Crippen LogP contribution in [0.25, 0.3) is 21.5 Å². The zero-order chi connectivity index (χ0) is 55.3. The fourth-order valence-corrected chi connectivity index (χ4v) is 16.3. The van der Waals surface area contributed by atoms with Crippen molar-refractivity contribution in [2.75, 3.05) is 6.61 Å². The summed E-state index contributed by atoms with van der Waals surface area (Å²) < 4.78 is 82.3. The Morgan fingerprint density at radius 2 is 1.43 bits per heavy atom. The van der Waals surface area contributed by atoms with Gasteiger partial charge in [0.25, 0.3) is 0 Å². The largest absolute Gasteiger partial charge is 0.458 e. The molecule has 14 rings (SSSR count). The van der Waals surface area contributed by atoms with Crippen LogP contribution in [-0.2, 0) is 61.6 Å². The molecule has 11 aliphatic rings. The van der Waals surface area contributed by atoms with Crippen LogP contribution in [0, 0.1) is 5.92 Å². The lowest BCUT2D eigenvalue weighted by atomic mass is 9.72. The van der Waals surface area contributed by atoms with Crippen molar-refractivity contribution in [2.45, 2.75) is 257 Å². The van der Waals surface area contributed by atoms with E-state index in [0.717, 1.165) is 46.4 Å². The predicted molar refractivity (Wildman–Crippen MR) is 294 cm³/mol. The van der Waals surface area contributed by atoms with Crippen molar-refractivity contribution in [3.05, 3.63) is 96.1 Å². The molecule has 0 bridgehead atoms. The lowest BCUT2D eigenvalue weighted by Crippen LogP contribution is -2.70. The van der Waals surface area contributed by atoms with Crippen molar-refractivity contribution >= 4 is 33.5 Å². The van der Waals surface area contributed by atoms with Crippen molar-refractivity contribution in [1.82, 2.24) is 0 Å². The first-order valence-corrected chi connectivity index (χ1v) is 29.9. The van der Waals surface area contributed by atoms with Gasteiger partial charge in [-0.1, -0.05) is 56.0 Å². The molecule has 0 aliphatic carbocycles. The van der Waals surface area contributed by atoms with Crippen LogP contribution in [0.15, 0.2) is 90.6 Å². The first kappa shape index (κ1) is 53.9. The van der Waals surface area contributed by atoms with Crippen LogP contribution in [0.2, 0.25) is 0 Å². The zero-order valence-electron chi connectivity index (χ0n) is 47.4. The second kappa shape index (κ2) is 19.8. The summed E-state index contributed by atoms with van der Waals surface area (Å²) in [7, 11) is 0. The summed E-state index contributed by atoms with van der Waals surface area (Å²) in [6.45, 7) is 19.2. The van der Waals surface area contributed by atoms with Crippen LogP contribution in [0.4, 0.5) is 0 Å². The van der Waals surface area contributed by atoms with E-state index in [-0.39, 0.29) is 110 Å².